The minimum absolute atomic E-state index is 0.0959. The summed E-state index contributed by atoms with van der Waals surface area (Å²) in [5.41, 5.74) is 0.690. The maximum atomic E-state index is 12.8. The molecule has 1 N–H and O–H groups in total. The number of nitrogens with one attached hydrogen (secondary N) is 1. The van der Waals surface area contributed by atoms with Crippen LogP contribution in [0.15, 0.2) is 18.3 Å². The average Bonchev–Trinajstić information content (AvgIpc) is 3.26. The van der Waals surface area contributed by atoms with Crippen LogP contribution in [0.2, 0.25) is 0 Å². The average molecular weight is 275 g/mol. The summed E-state index contributed by atoms with van der Waals surface area (Å²) >= 11 is 0. The summed E-state index contributed by atoms with van der Waals surface area (Å²) in [6.45, 7) is 7.97. The van der Waals surface area contributed by atoms with Crippen molar-refractivity contribution in [3.63, 3.8) is 0 Å². The van der Waals surface area contributed by atoms with Crippen LogP contribution in [0.5, 0.6) is 0 Å². The number of nitrogens with zero attached hydrogens (tertiary/aromatic N) is 2. The Morgan fingerprint density at radius 1 is 1.50 bits per heavy atom. The number of pyridine rings is 1. The highest BCUT2D eigenvalue weighted by atomic mass is 16.2. The Labute approximate surface area is 121 Å². The van der Waals surface area contributed by atoms with E-state index in [1.165, 1.54) is 12.8 Å². The molecule has 0 saturated heterocycles. The number of rotatable bonds is 7. The van der Waals surface area contributed by atoms with Crippen LogP contribution in [0.1, 0.15) is 50.4 Å². The molecule has 1 aliphatic carbocycles. The van der Waals surface area contributed by atoms with Gasteiger partial charge in [0.25, 0.3) is 5.91 Å². The number of anilines is 1. The van der Waals surface area contributed by atoms with E-state index in [1.54, 1.807) is 6.20 Å². The smallest absolute Gasteiger partial charge is 0.257 e. The molecule has 1 heterocycles. The molecule has 0 atom stereocenters. The largest absolute Gasteiger partial charge is 0.369 e. The van der Waals surface area contributed by atoms with Gasteiger partial charge in [-0.25, -0.2) is 4.98 Å². The maximum Gasteiger partial charge on any atom is 0.257 e. The predicted octanol–water partition coefficient (Wildman–Crippen LogP) is 3.16. The topological polar surface area (TPSA) is 45.2 Å². The van der Waals surface area contributed by atoms with Crippen LogP contribution < -0.4 is 5.32 Å². The Hall–Kier alpha value is -1.58. The molecular weight excluding hydrogens is 250 g/mol. The maximum absolute atomic E-state index is 12.8. The first-order valence-corrected chi connectivity index (χ1v) is 7.63. The Balaban J connectivity index is 2.16. The van der Waals surface area contributed by atoms with Crippen molar-refractivity contribution in [1.29, 1.82) is 0 Å². The van der Waals surface area contributed by atoms with Crippen molar-refractivity contribution in [3.05, 3.63) is 23.9 Å². The summed E-state index contributed by atoms with van der Waals surface area (Å²) in [6.07, 6.45) is 5.25. The molecule has 4 heteroatoms. The number of carbonyl (C=O) groups is 1. The van der Waals surface area contributed by atoms with Crippen molar-refractivity contribution >= 4 is 11.7 Å². The molecule has 0 spiro atoms. The first kappa shape index (κ1) is 14.8. The lowest BCUT2D eigenvalue weighted by molar-refractivity contribution is 0.0697. The molecule has 2 rings (SSSR count). The van der Waals surface area contributed by atoms with E-state index in [-0.39, 0.29) is 11.9 Å². The SMILES string of the molecule is CCCNc1ncccc1C(=O)N(CC1CC1)C(C)C. The van der Waals surface area contributed by atoms with Crippen LogP contribution in [0.3, 0.4) is 0 Å². The molecule has 0 unspecified atom stereocenters. The number of amides is 1. The van der Waals surface area contributed by atoms with E-state index in [9.17, 15) is 4.79 Å². The van der Waals surface area contributed by atoms with E-state index in [2.05, 4.69) is 31.1 Å². The Kier molecular flexibility index (Phi) is 4.99. The zero-order chi connectivity index (χ0) is 14.5. The molecule has 1 saturated carbocycles. The van der Waals surface area contributed by atoms with Gasteiger partial charge >= 0.3 is 0 Å². The molecule has 1 amide bonds. The van der Waals surface area contributed by atoms with Gasteiger partial charge in [-0.1, -0.05) is 6.92 Å². The summed E-state index contributed by atoms with van der Waals surface area (Å²) in [6, 6.07) is 3.93. The first-order chi connectivity index (χ1) is 9.63. The fourth-order valence-electron chi connectivity index (χ4n) is 2.22. The van der Waals surface area contributed by atoms with Gasteiger partial charge in [-0.05, 0) is 51.2 Å². The van der Waals surface area contributed by atoms with Crippen molar-refractivity contribution in [3.8, 4) is 0 Å². The lowest BCUT2D eigenvalue weighted by atomic mass is 10.1. The zero-order valence-electron chi connectivity index (χ0n) is 12.7. The van der Waals surface area contributed by atoms with E-state index in [4.69, 9.17) is 0 Å². The molecule has 0 aliphatic heterocycles. The second-order valence-corrected chi connectivity index (χ2v) is 5.82. The molecule has 0 radical (unpaired) electrons. The second kappa shape index (κ2) is 6.73. The van der Waals surface area contributed by atoms with Gasteiger partial charge in [-0.2, -0.15) is 0 Å². The summed E-state index contributed by atoms with van der Waals surface area (Å²) < 4.78 is 0. The Morgan fingerprint density at radius 2 is 2.25 bits per heavy atom. The summed E-state index contributed by atoms with van der Waals surface area (Å²) in [7, 11) is 0. The first-order valence-electron chi connectivity index (χ1n) is 7.63. The lowest BCUT2D eigenvalue weighted by Crippen LogP contribution is -2.39. The third-order valence-corrected chi connectivity index (χ3v) is 3.62. The van der Waals surface area contributed by atoms with E-state index in [0.717, 1.165) is 19.5 Å². The summed E-state index contributed by atoms with van der Waals surface area (Å²) in [4.78, 5) is 19.1. The van der Waals surface area contributed by atoms with Gasteiger partial charge in [0.05, 0.1) is 5.56 Å². The van der Waals surface area contributed by atoms with E-state index >= 15 is 0 Å². The molecule has 110 valence electrons. The van der Waals surface area contributed by atoms with Crippen LogP contribution in [-0.4, -0.2) is 34.9 Å². The predicted molar refractivity (Wildman–Crippen MR) is 81.9 cm³/mol. The zero-order valence-corrected chi connectivity index (χ0v) is 12.7. The van der Waals surface area contributed by atoms with Gasteiger partial charge in [-0.3, -0.25) is 4.79 Å². The fourth-order valence-corrected chi connectivity index (χ4v) is 2.22. The van der Waals surface area contributed by atoms with Crippen LogP contribution in [0, 0.1) is 5.92 Å². The molecule has 1 fully saturated rings. The normalized spacial score (nSPS) is 14.4. The van der Waals surface area contributed by atoms with Crippen LogP contribution in [0.25, 0.3) is 0 Å². The highest BCUT2D eigenvalue weighted by molar-refractivity contribution is 5.98. The minimum atomic E-state index is 0.0959. The van der Waals surface area contributed by atoms with Gasteiger partial charge in [0, 0.05) is 25.3 Å². The fraction of sp³-hybridized carbons (Fsp3) is 0.625. The highest BCUT2D eigenvalue weighted by Gasteiger charge is 2.29. The monoisotopic (exact) mass is 275 g/mol. The molecule has 1 aromatic heterocycles. The van der Waals surface area contributed by atoms with Gasteiger partial charge in [-0.15, -0.1) is 0 Å². The molecule has 0 bridgehead atoms. The number of hydrogen-bond donors (Lipinski definition) is 1. The van der Waals surface area contributed by atoms with Crippen molar-refractivity contribution < 1.29 is 4.79 Å². The number of aromatic nitrogens is 1. The molecule has 0 aromatic carbocycles. The van der Waals surface area contributed by atoms with Gasteiger partial charge in [0.2, 0.25) is 0 Å². The summed E-state index contributed by atoms with van der Waals surface area (Å²) in [5, 5.41) is 3.25. The van der Waals surface area contributed by atoms with Gasteiger partial charge in [0.1, 0.15) is 5.82 Å². The standard InChI is InChI=1S/C16H25N3O/c1-4-9-17-15-14(6-5-10-18-15)16(20)19(12(2)3)11-13-7-8-13/h5-6,10,12-13H,4,7-9,11H2,1-3H3,(H,17,18). The van der Waals surface area contributed by atoms with Crippen molar-refractivity contribution in [2.75, 3.05) is 18.4 Å². The number of hydrogen-bond acceptors (Lipinski definition) is 3. The lowest BCUT2D eigenvalue weighted by Gasteiger charge is -2.27. The third-order valence-electron chi connectivity index (χ3n) is 3.62. The van der Waals surface area contributed by atoms with E-state index in [1.807, 2.05) is 17.0 Å². The van der Waals surface area contributed by atoms with Gasteiger partial charge < -0.3 is 10.2 Å². The van der Waals surface area contributed by atoms with Crippen molar-refractivity contribution in [2.45, 2.75) is 46.1 Å². The highest BCUT2D eigenvalue weighted by Crippen LogP contribution is 2.31. The Bertz CT molecular complexity index is 455. The Morgan fingerprint density at radius 3 is 2.85 bits per heavy atom. The van der Waals surface area contributed by atoms with Crippen LogP contribution >= 0.6 is 0 Å². The molecule has 1 aromatic rings. The third kappa shape index (κ3) is 3.71. The molecule has 20 heavy (non-hydrogen) atoms. The van der Waals surface area contributed by atoms with Crippen LogP contribution in [0.4, 0.5) is 5.82 Å². The van der Waals surface area contributed by atoms with Crippen LogP contribution in [-0.2, 0) is 0 Å². The molecule has 4 nitrogen and oxygen atoms in total. The van der Waals surface area contributed by atoms with E-state index < -0.39 is 0 Å². The van der Waals surface area contributed by atoms with Gasteiger partial charge in [0.15, 0.2) is 0 Å². The quantitative estimate of drug-likeness (QED) is 0.831. The van der Waals surface area contributed by atoms with Crippen molar-refractivity contribution in [2.24, 2.45) is 5.92 Å². The van der Waals surface area contributed by atoms with Crippen molar-refractivity contribution in [1.82, 2.24) is 9.88 Å². The molecular formula is C16H25N3O. The van der Waals surface area contributed by atoms with E-state index in [0.29, 0.717) is 17.3 Å². The molecule has 1 aliphatic rings. The second-order valence-electron chi connectivity index (χ2n) is 5.82. The summed E-state index contributed by atoms with van der Waals surface area (Å²) in [5.74, 6) is 1.50. The number of carbonyl (C=O) groups excluding carboxylic acids is 1. The minimum Gasteiger partial charge on any atom is -0.369 e.